The Morgan fingerprint density at radius 2 is 2.00 bits per heavy atom. The molecule has 0 saturated heterocycles. The van der Waals surface area contributed by atoms with Crippen molar-refractivity contribution in [3.05, 3.63) is 34.8 Å². The van der Waals surface area contributed by atoms with E-state index in [0.717, 1.165) is 16.3 Å². The summed E-state index contributed by atoms with van der Waals surface area (Å²) in [6, 6.07) is 8.16. The van der Waals surface area contributed by atoms with Crippen molar-refractivity contribution in [3.8, 4) is 10.6 Å². The monoisotopic (exact) mass is 321 g/mol. The Kier molecular flexibility index (Phi) is 5.42. The number of nitrogens with zero attached hydrogens (tertiary/aromatic N) is 1. The molecule has 0 saturated carbocycles. The van der Waals surface area contributed by atoms with E-state index in [1.807, 2.05) is 12.1 Å². The van der Waals surface area contributed by atoms with Crippen LogP contribution in [0.5, 0.6) is 0 Å². The zero-order valence-corrected chi connectivity index (χ0v) is 14.1. The van der Waals surface area contributed by atoms with Gasteiger partial charge >= 0.3 is 5.97 Å². The number of thioether (sulfide) groups is 1. The maximum absolute atomic E-state index is 11.4. The summed E-state index contributed by atoms with van der Waals surface area (Å²) in [6.45, 7) is 6.26. The van der Waals surface area contributed by atoms with Gasteiger partial charge < -0.3 is 5.11 Å². The number of hydrogen-bond donors (Lipinski definition) is 1. The number of carboxylic acid groups (broad SMARTS) is 1. The topological polar surface area (TPSA) is 50.2 Å². The number of rotatable bonds is 6. The Bertz CT molecular complexity index is 618. The molecule has 0 aliphatic rings. The van der Waals surface area contributed by atoms with Crippen LogP contribution < -0.4 is 0 Å². The van der Waals surface area contributed by atoms with Crippen LogP contribution in [0.3, 0.4) is 0 Å². The first-order valence-electron chi connectivity index (χ1n) is 6.97. The second-order valence-corrected chi connectivity index (χ2v) is 7.49. The summed E-state index contributed by atoms with van der Waals surface area (Å²) >= 11 is 3.05. The van der Waals surface area contributed by atoms with Crippen molar-refractivity contribution < 1.29 is 9.90 Å². The van der Waals surface area contributed by atoms with Gasteiger partial charge in [-0.3, -0.25) is 0 Å². The van der Waals surface area contributed by atoms with Crippen molar-refractivity contribution in [1.82, 2.24) is 4.98 Å². The quantitative estimate of drug-likeness (QED) is 0.775. The number of hydrogen-bond acceptors (Lipinski definition) is 4. The highest BCUT2D eigenvalue weighted by atomic mass is 32.2. The maximum Gasteiger partial charge on any atom is 0.347 e. The molecular weight excluding hydrogens is 302 g/mol. The summed E-state index contributed by atoms with van der Waals surface area (Å²) in [5.41, 5.74) is 1.68. The van der Waals surface area contributed by atoms with Gasteiger partial charge in [0.25, 0.3) is 0 Å². The summed E-state index contributed by atoms with van der Waals surface area (Å²) in [4.78, 5) is 17.5. The van der Waals surface area contributed by atoms with Crippen molar-refractivity contribution in [3.63, 3.8) is 0 Å². The molecule has 3 nitrogen and oxygen atoms in total. The first kappa shape index (κ1) is 16.0. The largest absolute Gasteiger partial charge is 0.477 e. The fourth-order valence-electron chi connectivity index (χ4n) is 2.03. The summed E-state index contributed by atoms with van der Waals surface area (Å²) < 4.78 is 0. The minimum Gasteiger partial charge on any atom is -0.477 e. The van der Waals surface area contributed by atoms with E-state index in [9.17, 15) is 9.90 Å². The second kappa shape index (κ2) is 7.09. The van der Waals surface area contributed by atoms with Crippen LogP contribution >= 0.6 is 23.1 Å². The molecule has 0 radical (unpaired) electrons. The van der Waals surface area contributed by atoms with Gasteiger partial charge in [-0.2, -0.15) is 0 Å². The zero-order chi connectivity index (χ0) is 15.4. The molecule has 0 atom stereocenters. The lowest BCUT2D eigenvalue weighted by atomic mass is 10.1. The molecule has 2 aromatic rings. The SMILES string of the molecule is CCSc1ccc(-c2nc(CC(C)C)c(C(=O)O)s2)cc1. The highest BCUT2D eigenvalue weighted by molar-refractivity contribution is 7.99. The minimum atomic E-state index is -0.882. The van der Waals surface area contributed by atoms with Crippen molar-refractivity contribution in [2.75, 3.05) is 5.75 Å². The average molecular weight is 321 g/mol. The predicted molar refractivity (Wildman–Crippen MR) is 89.4 cm³/mol. The molecule has 5 heteroatoms. The molecule has 1 aromatic heterocycles. The number of thiazole rings is 1. The predicted octanol–water partition coefficient (Wildman–Crippen LogP) is 4.82. The van der Waals surface area contributed by atoms with Crippen LogP contribution in [0, 0.1) is 5.92 Å². The lowest BCUT2D eigenvalue weighted by Crippen LogP contribution is -2.02. The van der Waals surface area contributed by atoms with Crippen LogP contribution in [0.25, 0.3) is 10.6 Å². The zero-order valence-electron chi connectivity index (χ0n) is 12.4. The van der Waals surface area contributed by atoms with Crippen molar-refractivity contribution in [1.29, 1.82) is 0 Å². The molecule has 0 fully saturated rings. The Hall–Kier alpha value is -1.33. The molecule has 21 heavy (non-hydrogen) atoms. The van der Waals surface area contributed by atoms with E-state index in [1.165, 1.54) is 16.2 Å². The number of carbonyl (C=O) groups is 1. The molecule has 112 valence electrons. The first-order valence-corrected chi connectivity index (χ1v) is 8.77. The van der Waals surface area contributed by atoms with Gasteiger partial charge in [0.2, 0.25) is 0 Å². The standard InChI is InChI=1S/C16H19NO2S2/c1-4-20-12-7-5-11(6-8-12)15-17-13(9-10(2)3)14(21-15)16(18)19/h5-8,10H,4,9H2,1-3H3,(H,18,19). The summed E-state index contributed by atoms with van der Waals surface area (Å²) in [5.74, 6) is 0.548. The van der Waals surface area contributed by atoms with Crippen LogP contribution in [-0.4, -0.2) is 21.8 Å². The fraction of sp³-hybridized carbons (Fsp3) is 0.375. The van der Waals surface area contributed by atoms with Gasteiger partial charge in [0.05, 0.1) is 5.69 Å². The third-order valence-electron chi connectivity index (χ3n) is 2.91. The van der Waals surface area contributed by atoms with Gasteiger partial charge in [0.1, 0.15) is 9.88 Å². The Balaban J connectivity index is 2.33. The third-order valence-corrected chi connectivity index (χ3v) is 4.93. The molecule has 0 bridgehead atoms. The molecule has 0 spiro atoms. The van der Waals surface area contributed by atoms with E-state index in [4.69, 9.17) is 0 Å². The minimum absolute atomic E-state index is 0.366. The highest BCUT2D eigenvalue weighted by Crippen LogP contribution is 2.31. The maximum atomic E-state index is 11.4. The van der Waals surface area contributed by atoms with E-state index in [1.54, 1.807) is 11.8 Å². The van der Waals surface area contributed by atoms with E-state index in [-0.39, 0.29) is 0 Å². The van der Waals surface area contributed by atoms with E-state index in [2.05, 4.69) is 37.9 Å². The van der Waals surface area contributed by atoms with E-state index >= 15 is 0 Å². The van der Waals surface area contributed by atoms with Gasteiger partial charge in [0, 0.05) is 10.5 Å². The van der Waals surface area contributed by atoms with Crippen molar-refractivity contribution in [2.45, 2.75) is 32.1 Å². The second-order valence-electron chi connectivity index (χ2n) is 5.16. The van der Waals surface area contributed by atoms with Gasteiger partial charge in [0.15, 0.2) is 0 Å². The van der Waals surface area contributed by atoms with Crippen LogP contribution in [0.2, 0.25) is 0 Å². The summed E-state index contributed by atoms with van der Waals surface area (Å²) in [7, 11) is 0. The Labute approximate surface area is 133 Å². The lowest BCUT2D eigenvalue weighted by molar-refractivity contribution is 0.0700. The molecule has 0 aliphatic heterocycles. The van der Waals surface area contributed by atoms with Gasteiger partial charge in [-0.1, -0.05) is 32.9 Å². The smallest absolute Gasteiger partial charge is 0.347 e. The summed E-state index contributed by atoms with van der Waals surface area (Å²) in [6.07, 6.45) is 0.696. The normalized spacial score (nSPS) is 11.0. The highest BCUT2D eigenvalue weighted by Gasteiger charge is 2.18. The average Bonchev–Trinajstić information content (AvgIpc) is 2.83. The van der Waals surface area contributed by atoms with Crippen LogP contribution in [0.15, 0.2) is 29.2 Å². The van der Waals surface area contributed by atoms with Crippen LogP contribution in [0.1, 0.15) is 36.1 Å². The van der Waals surface area contributed by atoms with Crippen LogP contribution in [0.4, 0.5) is 0 Å². The molecule has 0 aliphatic carbocycles. The number of aromatic nitrogens is 1. The molecule has 0 unspecified atom stereocenters. The van der Waals surface area contributed by atoms with E-state index in [0.29, 0.717) is 22.9 Å². The van der Waals surface area contributed by atoms with Gasteiger partial charge in [-0.25, -0.2) is 9.78 Å². The number of carboxylic acids is 1. The number of aromatic carboxylic acids is 1. The number of benzene rings is 1. The Morgan fingerprint density at radius 3 is 2.52 bits per heavy atom. The molecule has 2 rings (SSSR count). The molecule has 1 aromatic carbocycles. The van der Waals surface area contributed by atoms with Gasteiger partial charge in [-0.15, -0.1) is 23.1 Å². The first-order chi connectivity index (χ1) is 10.0. The van der Waals surface area contributed by atoms with Crippen molar-refractivity contribution >= 4 is 29.1 Å². The lowest BCUT2D eigenvalue weighted by Gasteiger charge is -2.02. The molecule has 1 heterocycles. The molecular formula is C16H19NO2S2. The van der Waals surface area contributed by atoms with Gasteiger partial charge in [-0.05, 0) is 30.2 Å². The third kappa shape index (κ3) is 4.08. The molecule has 1 N–H and O–H groups in total. The fourth-order valence-corrected chi connectivity index (χ4v) is 3.63. The van der Waals surface area contributed by atoms with Crippen LogP contribution in [-0.2, 0) is 6.42 Å². The summed E-state index contributed by atoms with van der Waals surface area (Å²) in [5, 5.41) is 10.1. The Morgan fingerprint density at radius 1 is 1.33 bits per heavy atom. The van der Waals surface area contributed by atoms with E-state index < -0.39 is 5.97 Å². The molecule has 0 amide bonds. The van der Waals surface area contributed by atoms with Crippen molar-refractivity contribution in [2.24, 2.45) is 5.92 Å².